The minimum atomic E-state index is 0.408. The van der Waals surface area contributed by atoms with E-state index in [1.807, 2.05) is 11.7 Å². The molecule has 15 heavy (non-hydrogen) atoms. The van der Waals surface area contributed by atoms with Crippen LogP contribution in [0.15, 0.2) is 11.7 Å². The van der Waals surface area contributed by atoms with E-state index in [0.717, 1.165) is 12.3 Å². The van der Waals surface area contributed by atoms with E-state index >= 15 is 0 Å². The largest absolute Gasteiger partial charge is 0.328 e. The summed E-state index contributed by atoms with van der Waals surface area (Å²) in [5, 5.41) is 0. The van der Waals surface area contributed by atoms with Gasteiger partial charge < -0.3 is 5.73 Å². The molecule has 0 bridgehead atoms. The van der Waals surface area contributed by atoms with Crippen LogP contribution in [0.4, 0.5) is 0 Å². The molecule has 3 unspecified atom stereocenters. The van der Waals surface area contributed by atoms with E-state index in [1.54, 1.807) is 11.3 Å². The van der Waals surface area contributed by atoms with Crippen LogP contribution in [0.2, 0.25) is 0 Å². The standard InChI is InChI=1S/C12H20N2S/c1-2-3-9-4-5-10(13)6-11(9)12-7-14-8-15-12/h7-11H,2-6,13H2,1H3. The highest BCUT2D eigenvalue weighted by Crippen LogP contribution is 2.40. The average molecular weight is 224 g/mol. The van der Waals surface area contributed by atoms with Crippen molar-refractivity contribution < 1.29 is 0 Å². The van der Waals surface area contributed by atoms with Crippen molar-refractivity contribution in [3.63, 3.8) is 0 Å². The van der Waals surface area contributed by atoms with Gasteiger partial charge in [0.2, 0.25) is 0 Å². The first-order chi connectivity index (χ1) is 7.31. The maximum Gasteiger partial charge on any atom is 0.0794 e. The first-order valence-electron chi connectivity index (χ1n) is 5.95. The fourth-order valence-electron chi connectivity index (χ4n) is 2.74. The molecule has 3 heteroatoms. The van der Waals surface area contributed by atoms with Crippen LogP contribution in [0.3, 0.4) is 0 Å². The van der Waals surface area contributed by atoms with Crippen LogP contribution in [-0.4, -0.2) is 11.0 Å². The second kappa shape index (κ2) is 5.08. The number of thiazole rings is 1. The molecule has 1 aliphatic rings. The van der Waals surface area contributed by atoms with Crippen molar-refractivity contribution in [2.45, 2.75) is 51.0 Å². The lowest BCUT2D eigenvalue weighted by atomic mass is 9.74. The topological polar surface area (TPSA) is 38.9 Å². The van der Waals surface area contributed by atoms with E-state index in [9.17, 15) is 0 Å². The number of aromatic nitrogens is 1. The second-order valence-electron chi connectivity index (χ2n) is 4.63. The zero-order chi connectivity index (χ0) is 10.7. The molecule has 2 nitrogen and oxygen atoms in total. The zero-order valence-electron chi connectivity index (χ0n) is 9.36. The molecule has 2 N–H and O–H groups in total. The van der Waals surface area contributed by atoms with E-state index in [1.165, 1.54) is 30.6 Å². The first-order valence-corrected chi connectivity index (χ1v) is 6.83. The van der Waals surface area contributed by atoms with Crippen LogP contribution in [0.1, 0.15) is 49.8 Å². The highest BCUT2D eigenvalue weighted by Gasteiger charge is 2.30. The third-order valence-electron chi connectivity index (χ3n) is 3.51. The summed E-state index contributed by atoms with van der Waals surface area (Å²) in [6.07, 6.45) is 8.34. The Labute approximate surface area is 95.9 Å². The molecule has 0 spiro atoms. The van der Waals surface area contributed by atoms with Crippen molar-refractivity contribution >= 4 is 11.3 Å². The lowest BCUT2D eigenvalue weighted by Crippen LogP contribution is -2.31. The van der Waals surface area contributed by atoms with Gasteiger partial charge in [0.05, 0.1) is 5.51 Å². The second-order valence-corrected chi connectivity index (χ2v) is 5.55. The van der Waals surface area contributed by atoms with Gasteiger partial charge in [-0.3, -0.25) is 4.98 Å². The molecule has 3 atom stereocenters. The fraction of sp³-hybridized carbons (Fsp3) is 0.750. The van der Waals surface area contributed by atoms with Crippen LogP contribution in [0.5, 0.6) is 0 Å². The van der Waals surface area contributed by atoms with Crippen LogP contribution < -0.4 is 5.73 Å². The average Bonchev–Trinajstić information content (AvgIpc) is 2.74. The van der Waals surface area contributed by atoms with E-state index in [-0.39, 0.29) is 0 Å². The minimum Gasteiger partial charge on any atom is -0.328 e. The molecule has 84 valence electrons. The van der Waals surface area contributed by atoms with E-state index in [2.05, 4.69) is 11.9 Å². The summed E-state index contributed by atoms with van der Waals surface area (Å²) in [5.74, 6) is 1.52. The summed E-state index contributed by atoms with van der Waals surface area (Å²) in [5.41, 5.74) is 8.02. The van der Waals surface area contributed by atoms with Crippen molar-refractivity contribution in [2.24, 2.45) is 11.7 Å². The fourth-order valence-corrected chi connectivity index (χ4v) is 3.57. The lowest BCUT2D eigenvalue weighted by molar-refractivity contribution is 0.267. The van der Waals surface area contributed by atoms with Gasteiger partial charge in [0.25, 0.3) is 0 Å². The number of rotatable bonds is 3. The summed E-state index contributed by atoms with van der Waals surface area (Å²) < 4.78 is 0. The SMILES string of the molecule is CCCC1CCC(N)CC1c1cncs1. The van der Waals surface area contributed by atoms with Gasteiger partial charge in [-0.1, -0.05) is 19.8 Å². The van der Waals surface area contributed by atoms with Crippen LogP contribution in [-0.2, 0) is 0 Å². The molecule has 1 heterocycles. The highest BCUT2D eigenvalue weighted by atomic mass is 32.1. The molecule has 0 aromatic carbocycles. The third-order valence-corrected chi connectivity index (χ3v) is 4.42. The quantitative estimate of drug-likeness (QED) is 0.856. The molecule has 0 amide bonds. The number of hydrogen-bond acceptors (Lipinski definition) is 3. The Morgan fingerprint density at radius 3 is 3.07 bits per heavy atom. The third kappa shape index (κ3) is 2.58. The smallest absolute Gasteiger partial charge is 0.0794 e. The predicted molar refractivity (Wildman–Crippen MR) is 65.1 cm³/mol. The molecule has 2 rings (SSSR count). The maximum absolute atomic E-state index is 6.07. The lowest BCUT2D eigenvalue weighted by Gasteiger charge is -2.34. The zero-order valence-corrected chi connectivity index (χ0v) is 10.2. The van der Waals surface area contributed by atoms with Gasteiger partial charge >= 0.3 is 0 Å². The molecule has 0 radical (unpaired) electrons. The van der Waals surface area contributed by atoms with Crippen LogP contribution in [0.25, 0.3) is 0 Å². The van der Waals surface area contributed by atoms with Gasteiger partial charge in [-0.25, -0.2) is 0 Å². The van der Waals surface area contributed by atoms with Crippen LogP contribution in [0, 0.1) is 5.92 Å². The molecule has 0 saturated heterocycles. The number of nitrogens with two attached hydrogens (primary N) is 1. The Hall–Kier alpha value is -0.410. The van der Waals surface area contributed by atoms with Crippen molar-refractivity contribution in [3.05, 3.63) is 16.6 Å². The minimum absolute atomic E-state index is 0.408. The molecule has 1 fully saturated rings. The van der Waals surface area contributed by atoms with Gasteiger partial charge in [0, 0.05) is 17.1 Å². The molecule has 1 aromatic heterocycles. The summed E-state index contributed by atoms with van der Waals surface area (Å²) in [6.45, 7) is 2.28. The number of hydrogen-bond donors (Lipinski definition) is 1. The molecular weight excluding hydrogens is 204 g/mol. The molecule has 0 aliphatic heterocycles. The summed E-state index contributed by atoms with van der Waals surface area (Å²) >= 11 is 1.79. The predicted octanol–water partition coefficient (Wildman–Crippen LogP) is 3.15. The van der Waals surface area contributed by atoms with Crippen molar-refractivity contribution in [1.82, 2.24) is 4.98 Å². The molecule has 1 saturated carbocycles. The maximum atomic E-state index is 6.07. The van der Waals surface area contributed by atoms with Crippen LogP contribution >= 0.6 is 11.3 Å². The van der Waals surface area contributed by atoms with Gasteiger partial charge in [0.1, 0.15) is 0 Å². The van der Waals surface area contributed by atoms with E-state index in [4.69, 9.17) is 5.73 Å². The Balaban J connectivity index is 2.09. The Bertz CT molecular complexity index is 284. The van der Waals surface area contributed by atoms with Gasteiger partial charge in [-0.2, -0.15) is 0 Å². The monoisotopic (exact) mass is 224 g/mol. The Morgan fingerprint density at radius 2 is 2.40 bits per heavy atom. The molecule has 1 aromatic rings. The Morgan fingerprint density at radius 1 is 1.53 bits per heavy atom. The van der Waals surface area contributed by atoms with Gasteiger partial charge in [-0.05, 0) is 31.1 Å². The van der Waals surface area contributed by atoms with E-state index in [0.29, 0.717) is 12.0 Å². The molecular formula is C12H20N2S. The van der Waals surface area contributed by atoms with Crippen molar-refractivity contribution in [1.29, 1.82) is 0 Å². The van der Waals surface area contributed by atoms with Gasteiger partial charge in [-0.15, -0.1) is 11.3 Å². The summed E-state index contributed by atoms with van der Waals surface area (Å²) in [6, 6.07) is 0.408. The summed E-state index contributed by atoms with van der Waals surface area (Å²) in [7, 11) is 0. The van der Waals surface area contributed by atoms with Crippen molar-refractivity contribution in [3.8, 4) is 0 Å². The van der Waals surface area contributed by atoms with E-state index < -0.39 is 0 Å². The Kier molecular flexibility index (Phi) is 3.76. The first kappa shape index (κ1) is 11.1. The van der Waals surface area contributed by atoms with Crippen molar-refractivity contribution in [2.75, 3.05) is 0 Å². The normalized spacial score (nSPS) is 31.7. The highest BCUT2D eigenvalue weighted by molar-refractivity contribution is 7.09. The molecule has 1 aliphatic carbocycles. The van der Waals surface area contributed by atoms with Gasteiger partial charge in [0.15, 0.2) is 0 Å². The number of nitrogens with zero attached hydrogens (tertiary/aromatic N) is 1. The summed E-state index contributed by atoms with van der Waals surface area (Å²) in [4.78, 5) is 5.64.